The van der Waals surface area contributed by atoms with E-state index >= 15 is 0 Å². The third kappa shape index (κ3) is 2.93. The fraction of sp³-hybridized carbons (Fsp3) is 0.143. The Morgan fingerprint density at radius 3 is 2.29 bits per heavy atom. The first-order valence-corrected chi connectivity index (χ1v) is 7.25. The highest BCUT2D eigenvalue weighted by atomic mass is 79.9. The zero-order chi connectivity index (χ0) is 12.4. The first-order valence-electron chi connectivity index (χ1n) is 5.29. The predicted octanol–water partition coefficient (Wildman–Crippen LogP) is 6.02. The highest BCUT2D eigenvalue weighted by Gasteiger charge is 2.14. The average Bonchev–Trinajstić information content (AvgIpc) is 2.32. The Balaban J connectivity index is 2.47. The maximum atomic E-state index is 6.06. The summed E-state index contributed by atoms with van der Waals surface area (Å²) in [6.45, 7) is 2.18. The van der Waals surface area contributed by atoms with Crippen LogP contribution in [0, 0.1) is 0 Å². The van der Waals surface area contributed by atoms with Crippen LogP contribution in [0.5, 0.6) is 0 Å². The maximum Gasteiger partial charge on any atom is 0.0409 e. The summed E-state index contributed by atoms with van der Waals surface area (Å²) < 4.78 is 2.21. The van der Waals surface area contributed by atoms with E-state index in [1.54, 1.807) is 0 Å². The van der Waals surface area contributed by atoms with Gasteiger partial charge in [-0.2, -0.15) is 0 Å². The largest absolute Gasteiger partial charge is 0.0843 e. The van der Waals surface area contributed by atoms with Gasteiger partial charge in [-0.1, -0.05) is 68.6 Å². The van der Waals surface area contributed by atoms with Crippen molar-refractivity contribution in [3.63, 3.8) is 0 Å². The summed E-state index contributed by atoms with van der Waals surface area (Å²) in [6.07, 6.45) is 0. The molecule has 0 saturated heterocycles. The van der Waals surface area contributed by atoms with E-state index in [0.29, 0.717) is 5.92 Å². The molecule has 2 aromatic rings. The summed E-state index contributed by atoms with van der Waals surface area (Å²) in [4.78, 5) is 0. The Bertz CT molecular complexity index is 537. The lowest BCUT2D eigenvalue weighted by molar-refractivity contribution is 0.909. The molecule has 0 radical (unpaired) electrons. The first-order chi connectivity index (χ1) is 8.09. The Hall–Kier alpha value is -0.310. The molecule has 3 heteroatoms. The van der Waals surface area contributed by atoms with Gasteiger partial charge in [0.05, 0.1) is 0 Å². The summed E-state index contributed by atoms with van der Waals surface area (Å²) in [5.41, 5.74) is 2.46. The fourth-order valence-corrected chi connectivity index (χ4v) is 3.24. The SMILES string of the molecule is CC(c1ccccc1Br)c1cc(Cl)ccc1Br. The van der Waals surface area contributed by atoms with Gasteiger partial charge in [0.2, 0.25) is 0 Å². The van der Waals surface area contributed by atoms with Crippen molar-refractivity contribution in [3.05, 3.63) is 67.6 Å². The lowest BCUT2D eigenvalue weighted by Crippen LogP contribution is -1.98. The third-order valence-electron chi connectivity index (χ3n) is 2.80. The van der Waals surface area contributed by atoms with E-state index in [1.807, 2.05) is 24.3 Å². The summed E-state index contributed by atoms with van der Waals surface area (Å²) in [6, 6.07) is 14.2. The summed E-state index contributed by atoms with van der Waals surface area (Å²) in [5, 5.41) is 0.766. The van der Waals surface area contributed by atoms with E-state index < -0.39 is 0 Å². The molecule has 0 aliphatic rings. The Labute approximate surface area is 123 Å². The minimum absolute atomic E-state index is 0.290. The third-order valence-corrected chi connectivity index (χ3v) is 4.48. The van der Waals surface area contributed by atoms with E-state index in [9.17, 15) is 0 Å². The molecular formula is C14H11Br2Cl. The molecule has 1 unspecified atom stereocenters. The van der Waals surface area contributed by atoms with Crippen LogP contribution < -0.4 is 0 Å². The van der Waals surface area contributed by atoms with Crippen LogP contribution in [-0.4, -0.2) is 0 Å². The van der Waals surface area contributed by atoms with E-state index in [-0.39, 0.29) is 0 Å². The molecule has 0 bridgehead atoms. The van der Waals surface area contributed by atoms with Gasteiger partial charge >= 0.3 is 0 Å². The minimum Gasteiger partial charge on any atom is -0.0843 e. The van der Waals surface area contributed by atoms with Crippen LogP contribution in [0.1, 0.15) is 24.0 Å². The topological polar surface area (TPSA) is 0 Å². The van der Waals surface area contributed by atoms with Gasteiger partial charge in [0.25, 0.3) is 0 Å². The van der Waals surface area contributed by atoms with Gasteiger partial charge in [-0.05, 0) is 35.4 Å². The van der Waals surface area contributed by atoms with Gasteiger partial charge in [-0.25, -0.2) is 0 Å². The number of rotatable bonds is 2. The minimum atomic E-state index is 0.290. The van der Waals surface area contributed by atoms with E-state index in [1.165, 1.54) is 11.1 Å². The van der Waals surface area contributed by atoms with Gasteiger partial charge in [0.1, 0.15) is 0 Å². The molecule has 2 rings (SSSR count). The normalized spacial score (nSPS) is 12.5. The van der Waals surface area contributed by atoms with E-state index in [4.69, 9.17) is 11.6 Å². The molecule has 17 heavy (non-hydrogen) atoms. The zero-order valence-electron chi connectivity index (χ0n) is 9.25. The maximum absolute atomic E-state index is 6.06. The number of hydrogen-bond donors (Lipinski definition) is 0. The smallest absolute Gasteiger partial charge is 0.0409 e. The molecular weight excluding hydrogens is 363 g/mol. The molecule has 0 spiro atoms. The molecule has 1 atom stereocenters. The second-order valence-corrected chi connectivity index (χ2v) is 6.05. The van der Waals surface area contributed by atoms with Crippen molar-refractivity contribution >= 4 is 43.5 Å². The van der Waals surface area contributed by atoms with Gasteiger partial charge < -0.3 is 0 Å². The molecule has 0 saturated carbocycles. The molecule has 0 fully saturated rings. The van der Waals surface area contributed by atoms with Crippen molar-refractivity contribution in [2.45, 2.75) is 12.8 Å². The van der Waals surface area contributed by atoms with Crippen molar-refractivity contribution in [1.82, 2.24) is 0 Å². The number of hydrogen-bond acceptors (Lipinski definition) is 0. The Morgan fingerprint density at radius 2 is 1.59 bits per heavy atom. The second-order valence-electron chi connectivity index (χ2n) is 3.91. The average molecular weight is 375 g/mol. The molecule has 0 amide bonds. The summed E-state index contributed by atoms with van der Waals surface area (Å²) in [5.74, 6) is 0.290. The molecule has 88 valence electrons. The standard InChI is InChI=1S/C14H11Br2Cl/c1-9(11-4-2-3-5-13(11)15)12-8-10(17)6-7-14(12)16/h2-9H,1H3. The molecule has 0 aliphatic carbocycles. The van der Waals surface area contributed by atoms with Gasteiger partial charge in [-0.3, -0.25) is 0 Å². The summed E-state index contributed by atoms with van der Waals surface area (Å²) >= 11 is 13.2. The van der Waals surface area contributed by atoms with Crippen LogP contribution in [-0.2, 0) is 0 Å². The van der Waals surface area contributed by atoms with Crippen molar-refractivity contribution in [2.75, 3.05) is 0 Å². The van der Waals surface area contributed by atoms with Gasteiger partial charge in [0, 0.05) is 19.9 Å². The number of halogens is 3. The van der Waals surface area contributed by atoms with Crippen molar-refractivity contribution < 1.29 is 0 Å². The molecule has 0 aliphatic heterocycles. The lowest BCUT2D eigenvalue weighted by atomic mass is 9.93. The van der Waals surface area contributed by atoms with Crippen LogP contribution in [0.4, 0.5) is 0 Å². The monoisotopic (exact) mass is 372 g/mol. The van der Waals surface area contributed by atoms with Crippen molar-refractivity contribution in [2.24, 2.45) is 0 Å². The lowest BCUT2D eigenvalue weighted by Gasteiger charge is -2.16. The fourth-order valence-electron chi connectivity index (χ4n) is 1.84. The van der Waals surface area contributed by atoms with Crippen LogP contribution in [0.15, 0.2) is 51.4 Å². The highest BCUT2D eigenvalue weighted by molar-refractivity contribution is 9.10. The first kappa shape index (κ1) is 13.1. The van der Waals surface area contributed by atoms with Crippen LogP contribution in [0.3, 0.4) is 0 Å². The predicted molar refractivity (Wildman–Crippen MR) is 80.8 cm³/mol. The molecule has 0 heterocycles. The number of benzene rings is 2. The van der Waals surface area contributed by atoms with E-state index in [2.05, 4.69) is 57.0 Å². The summed E-state index contributed by atoms with van der Waals surface area (Å²) in [7, 11) is 0. The Kier molecular flexibility index (Phi) is 4.29. The molecule has 0 nitrogen and oxygen atoms in total. The molecule has 0 N–H and O–H groups in total. The quantitative estimate of drug-likeness (QED) is 0.603. The van der Waals surface area contributed by atoms with Crippen molar-refractivity contribution in [3.8, 4) is 0 Å². The van der Waals surface area contributed by atoms with Crippen LogP contribution >= 0.6 is 43.5 Å². The zero-order valence-corrected chi connectivity index (χ0v) is 13.2. The Morgan fingerprint density at radius 1 is 0.941 bits per heavy atom. The highest BCUT2D eigenvalue weighted by Crippen LogP contribution is 2.35. The van der Waals surface area contributed by atoms with Gasteiger partial charge in [0.15, 0.2) is 0 Å². The van der Waals surface area contributed by atoms with Gasteiger partial charge in [-0.15, -0.1) is 0 Å². The van der Waals surface area contributed by atoms with Crippen molar-refractivity contribution in [1.29, 1.82) is 0 Å². The molecule has 2 aromatic carbocycles. The molecule has 0 aromatic heterocycles. The van der Waals surface area contributed by atoms with Crippen LogP contribution in [0.2, 0.25) is 5.02 Å². The van der Waals surface area contributed by atoms with E-state index in [0.717, 1.165) is 14.0 Å². The van der Waals surface area contributed by atoms with Crippen LogP contribution in [0.25, 0.3) is 0 Å². The second kappa shape index (κ2) is 5.55.